The van der Waals surface area contributed by atoms with E-state index in [1.54, 1.807) is 0 Å². The van der Waals surface area contributed by atoms with Gasteiger partial charge in [0.2, 0.25) is 0 Å². The molecule has 0 spiro atoms. The van der Waals surface area contributed by atoms with Gasteiger partial charge in [0.15, 0.2) is 7.17 Å². The maximum atomic E-state index is 9.17. The topological polar surface area (TPSA) is 17.1 Å². The van der Waals surface area contributed by atoms with Crippen molar-refractivity contribution in [3.05, 3.63) is 0 Å². The Hall–Kier alpha value is -0.200. The van der Waals surface area contributed by atoms with Crippen LogP contribution < -0.4 is 0 Å². The third kappa shape index (κ3) is 1.80. The molecule has 3 heteroatoms. The smallest absolute Gasteiger partial charge is 0.161 e. The predicted molar refractivity (Wildman–Crippen MR) is 22.4 cm³/mol. The highest BCUT2D eigenvalue weighted by Crippen LogP contribution is 1.19. The van der Waals surface area contributed by atoms with E-state index in [0.29, 0.717) is 7.17 Å². The number of hydrogen-bond acceptors (Lipinski definition) is 1. The van der Waals surface area contributed by atoms with E-state index in [1.165, 1.54) is 0 Å². The van der Waals surface area contributed by atoms with Crippen LogP contribution in [0.2, 0.25) is 0 Å². The van der Waals surface area contributed by atoms with Crippen molar-refractivity contribution in [2.24, 2.45) is 0 Å². The predicted octanol–water partition coefficient (Wildman–Crippen LogP) is -1.84. The van der Waals surface area contributed by atoms with Crippen LogP contribution in [0.3, 0.4) is 0 Å². The molecular weight excluding hydrogens is 49.6 g/mol. The van der Waals surface area contributed by atoms with Gasteiger partial charge in [-0.2, -0.15) is 0 Å². The van der Waals surface area contributed by atoms with Crippen molar-refractivity contribution >= 4 is 21.1 Å². The Kier molecular flexibility index (Phi) is 2.66. The molecule has 0 unspecified atom stereocenters. The molecule has 0 aromatic carbocycles. The van der Waals surface area contributed by atoms with Gasteiger partial charge in [-0.3, -0.25) is 0 Å². The molecule has 0 saturated carbocycles. The Morgan fingerprint density at radius 1 is 2.00 bits per heavy atom. The molecule has 4 heavy (non-hydrogen) atoms. The molecule has 0 bridgehead atoms. The summed E-state index contributed by atoms with van der Waals surface area (Å²) in [5.74, 6) is 0. The third-order valence-electron chi connectivity index (χ3n) is 0.167. The number of carbonyl (C=O) groups excluding carboxylic acids is 1. The average Bonchev–Trinajstić information content (AvgIpc) is 1.37. The number of carbonyl (C=O) groups is 1. The largest absolute Gasteiger partial charge is 0.316 e. The molecule has 0 aliphatic carbocycles. The summed E-state index contributed by atoms with van der Waals surface area (Å²) in [6.07, 6.45) is 0.875. The molecule has 20 valence electrons. The fraction of sp³-hybridized carbons (Fsp3) is 0. The molecule has 0 radical (unpaired) electrons. The highest BCUT2D eigenvalue weighted by atomic mass is 16.1. The first-order chi connectivity index (χ1) is 1.91. The quantitative estimate of drug-likeness (QED) is 0.254. The second-order valence-electron chi connectivity index (χ2n) is 0.575. The van der Waals surface area contributed by atoms with Gasteiger partial charge in [-0.15, -0.1) is 0 Å². The summed E-state index contributed by atoms with van der Waals surface area (Å²) < 4.78 is 0. The van der Waals surface area contributed by atoms with Crippen LogP contribution in [0.25, 0.3) is 0 Å². The van der Waals surface area contributed by atoms with Crippen molar-refractivity contribution in [1.82, 2.24) is 0 Å². The van der Waals surface area contributed by atoms with E-state index in [9.17, 15) is 4.79 Å². The molecule has 0 aromatic rings. The van der Waals surface area contributed by atoms with Crippen LogP contribution in [0.4, 0.5) is 0 Å². The van der Waals surface area contributed by atoms with Crippen LogP contribution in [0.5, 0.6) is 0 Å². The summed E-state index contributed by atoms with van der Waals surface area (Å²) in [4.78, 5) is 9.17. The lowest BCUT2D eigenvalue weighted by atomic mass is 9.58. The molecule has 0 fully saturated rings. The molecule has 0 aliphatic heterocycles. The van der Waals surface area contributed by atoms with E-state index < -0.39 is 0 Å². The fourth-order valence-electron chi connectivity index (χ4n) is 0. The lowest BCUT2D eigenvalue weighted by Gasteiger charge is -1.44. The highest BCUT2D eigenvalue weighted by Gasteiger charge is 1.60. The van der Waals surface area contributed by atoms with Crippen molar-refractivity contribution in [2.75, 3.05) is 0 Å². The molecular formula is CH4B2O. The SMILES string of the molecule is BBC=O. The first-order valence-corrected chi connectivity index (χ1v) is 1.35. The van der Waals surface area contributed by atoms with E-state index in [1.807, 2.05) is 7.74 Å². The molecule has 1 nitrogen and oxygen atoms in total. The van der Waals surface area contributed by atoms with Crippen molar-refractivity contribution in [3.63, 3.8) is 0 Å². The van der Waals surface area contributed by atoms with Gasteiger partial charge in [-0.1, -0.05) is 0 Å². The summed E-state index contributed by atoms with van der Waals surface area (Å²) in [5, 5.41) is 0. The van der Waals surface area contributed by atoms with Gasteiger partial charge in [0.05, 0.1) is 13.9 Å². The lowest BCUT2D eigenvalue weighted by Crippen LogP contribution is -1.85. The van der Waals surface area contributed by atoms with E-state index in [0.717, 1.165) is 6.19 Å². The van der Waals surface area contributed by atoms with Crippen molar-refractivity contribution in [3.8, 4) is 0 Å². The Bertz CT molecular complexity index is 20.0. The van der Waals surface area contributed by atoms with Crippen LogP contribution >= 0.6 is 0 Å². The van der Waals surface area contributed by atoms with Crippen LogP contribution in [0.15, 0.2) is 0 Å². The van der Waals surface area contributed by atoms with Crippen LogP contribution in [-0.4, -0.2) is 21.1 Å². The number of rotatable bonds is 1. The van der Waals surface area contributed by atoms with E-state index in [2.05, 4.69) is 0 Å². The fourth-order valence-corrected chi connectivity index (χ4v) is 0. The standard InChI is InChI=1S/CH4B2O/c2-3-1-4/h1,3H,2H2. The summed E-state index contributed by atoms with van der Waals surface area (Å²) in [6, 6.07) is 0. The molecule has 0 aromatic heterocycles. The third-order valence-corrected chi connectivity index (χ3v) is 0.167. The maximum absolute atomic E-state index is 9.17. The van der Waals surface area contributed by atoms with Gasteiger partial charge in [0, 0.05) is 0 Å². The molecule has 0 aliphatic rings. The first kappa shape index (κ1) is 3.80. The first-order valence-electron chi connectivity index (χ1n) is 1.35. The Labute approximate surface area is 27.0 Å². The average molecular weight is 53.7 g/mol. The summed E-state index contributed by atoms with van der Waals surface area (Å²) in [6.45, 7) is 0. The second-order valence-corrected chi connectivity index (χ2v) is 0.575. The van der Waals surface area contributed by atoms with Gasteiger partial charge < -0.3 is 4.79 Å². The highest BCUT2D eigenvalue weighted by molar-refractivity contribution is 7.04. The van der Waals surface area contributed by atoms with E-state index in [-0.39, 0.29) is 0 Å². The molecule has 0 atom stereocenters. The molecule has 0 saturated heterocycles. The summed E-state index contributed by atoms with van der Waals surface area (Å²) in [7, 11) is 2.45. The maximum Gasteiger partial charge on any atom is 0.161 e. The van der Waals surface area contributed by atoms with Crippen LogP contribution in [0, 0.1) is 0 Å². The normalized spacial score (nSPS) is 5.00. The lowest BCUT2D eigenvalue weighted by molar-refractivity contribution is 0.569. The molecule has 0 amide bonds. The van der Waals surface area contributed by atoms with Crippen LogP contribution in [0.1, 0.15) is 0 Å². The molecule has 0 heterocycles. The van der Waals surface area contributed by atoms with Gasteiger partial charge in [-0.25, -0.2) is 0 Å². The van der Waals surface area contributed by atoms with Crippen molar-refractivity contribution in [1.29, 1.82) is 0 Å². The Morgan fingerprint density at radius 2 is 2.25 bits per heavy atom. The number of hydrogen-bond donors (Lipinski definition) is 0. The molecule has 0 rings (SSSR count). The van der Waals surface area contributed by atoms with Crippen molar-refractivity contribution < 1.29 is 4.79 Å². The monoisotopic (exact) mass is 54.0 g/mol. The summed E-state index contributed by atoms with van der Waals surface area (Å²) >= 11 is 0. The summed E-state index contributed by atoms with van der Waals surface area (Å²) in [5.41, 5.74) is 0. The second kappa shape index (κ2) is 2.80. The minimum Gasteiger partial charge on any atom is -0.316 e. The van der Waals surface area contributed by atoms with Gasteiger partial charge in [0.1, 0.15) is 0 Å². The zero-order valence-electron chi connectivity index (χ0n) is 2.69. The minimum absolute atomic E-state index is 0.639. The van der Waals surface area contributed by atoms with E-state index >= 15 is 0 Å². The minimum atomic E-state index is 0.639. The van der Waals surface area contributed by atoms with E-state index in [4.69, 9.17) is 0 Å². The Balaban J connectivity index is 2.30. The Morgan fingerprint density at radius 3 is 2.25 bits per heavy atom. The zero-order valence-corrected chi connectivity index (χ0v) is 2.69. The molecule has 0 N–H and O–H groups in total. The van der Waals surface area contributed by atoms with Crippen molar-refractivity contribution in [2.45, 2.75) is 0 Å². The van der Waals surface area contributed by atoms with Crippen LogP contribution in [-0.2, 0) is 4.79 Å². The van der Waals surface area contributed by atoms with Gasteiger partial charge in [-0.05, 0) is 0 Å². The zero-order chi connectivity index (χ0) is 3.41. The van der Waals surface area contributed by atoms with Gasteiger partial charge in [0.25, 0.3) is 0 Å². The van der Waals surface area contributed by atoms with Gasteiger partial charge >= 0.3 is 0 Å².